The topological polar surface area (TPSA) is 148 Å². The number of nitrogens with zero attached hydrogens (tertiary/aromatic N) is 4. The van der Waals surface area contributed by atoms with E-state index in [0.717, 1.165) is 27.0 Å². The molecule has 0 bridgehead atoms. The van der Waals surface area contributed by atoms with Crippen LogP contribution in [-0.4, -0.2) is 50.8 Å². The second-order valence-corrected chi connectivity index (χ2v) is 11.6. The largest absolute Gasteiger partial charge is 0.385 e. The second kappa shape index (κ2) is 12.7. The van der Waals surface area contributed by atoms with Crippen molar-refractivity contribution in [2.24, 2.45) is 0 Å². The van der Waals surface area contributed by atoms with Crippen molar-refractivity contribution in [2.45, 2.75) is 40.0 Å². The van der Waals surface area contributed by atoms with Crippen LogP contribution in [0.25, 0.3) is 32.6 Å². The minimum Gasteiger partial charge on any atom is -0.385 e. The number of amides is 2. The van der Waals surface area contributed by atoms with E-state index in [1.54, 1.807) is 45.4 Å². The standard InChI is InChI=1S/C26H31N6O5PS/c1-5-27-25(34)32-26-31-22-12-18(19-13-29-24(16(4)33)30-14-19)11-20(23(22)39-26)21-10-17(8-9-28-21)15-38(35,36-6-2)37-7-3/h8-14,16,33H,5-7,15H2,1-4H3,(H2,27,31,32,34). The summed E-state index contributed by atoms with van der Waals surface area (Å²) in [6, 6.07) is 7.14. The first-order valence-corrected chi connectivity index (χ1v) is 15.1. The number of aliphatic hydroxyl groups excluding tert-OH is 1. The molecular formula is C26H31N6O5PS. The Morgan fingerprint density at radius 2 is 1.79 bits per heavy atom. The Morgan fingerprint density at radius 3 is 2.44 bits per heavy atom. The molecule has 1 unspecified atom stereocenters. The van der Waals surface area contributed by atoms with Crippen LogP contribution < -0.4 is 10.6 Å². The average Bonchev–Trinajstić information content (AvgIpc) is 3.30. The molecule has 0 fully saturated rings. The van der Waals surface area contributed by atoms with Gasteiger partial charge in [-0.1, -0.05) is 11.3 Å². The van der Waals surface area contributed by atoms with Gasteiger partial charge in [0.1, 0.15) is 6.10 Å². The van der Waals surface area contributed by atoms with Crippen LogP contribution in [0.1, 0.15) is 45.2 Å². The molecule has 0 aliphatic heterocycles. The van der Waals surface area contributed by atoms with Gasteiger partial charge in [0.2, 0.25) is 0 Å². The summed E-state index contributed by atoms with van der Waals surface area (Å²) in [7, 11) is -3.32. The maximum absolute atomic E-state index is 13.2. The molecule has 3 heterocycles. The molecule has 3 aromatic heterocycles. The van der Waals surface area contributed by atoms with Crippen LogP contribution in [0.4, 0.5) is 9.93 Å². The number of hydrogen-bond acceptors (Lipinski definition) is 10. The number of anilines is 1. The fraction of sp³-hybridized carbons (Fsp3) is 0.346. The third-order valence-electron chi connectivity index (χ3n) is 5.55. The molecule has 11 nitrogen and oxygen atoms in total. The molecule has 0 saturated carbocycles. The SMILES string of the molecule is CCNC(=O)Nc1nc2cc(-c3cnc(C(C)O)nc3)cc(-c3cc(CP(=O)(OCC)OCC)ccn3)c2s1. The van der Waals surface area contributed by atoms with Crippen molar-refractivity contribution in [1.82, 2.24) is 25.3 Å². The van der Waals surface area contributed by atoms with Crippen LogP contribution >= 0.6 is 18.9 Å². The fourth-order valence-electron chi connectivity index (χ4n) is 3.91. The summed E-state index contributed by atoms with van der Waals surface area (Å²) in [6.07, 6.45) is 4.26. The zero-order valence-corrected chi connectivity index (χ0v) is 23.9. The molecule has 0 saturated heterocycles. The molecule has 2 amide bonds. The Morgan fingerprint density at radius 1 is 1.08 bits per heavy atom. The molecule has 0 aliphatic rings. The van der Waals surface area contributed by atoms with Gasteiger partial charge in [-0.15, -0.1) is 0 Å². The van der Waals surface area contributed by atoms with E-state index in [1.807, 2.05) is 25.1 Å². The fourth-order valence-corrected chi connectivity index (χ4v) is 6.56. The van der Waals surface area contributed by atoms with Crippen LogP contribution in [-0.2, 0) is 19.8 Å². The Labute approximate surface area is 230 Å². The van der Waals surface area contributed by atoms with Crippen molar-refractivity contribution in [2.75, 3.05) is 25.1 Å². The van der Waals surface area contributed by atoms with Gasteiger partial charge in [0, 0.05) is 36.3 Å². The molecule has 4 aromatic rings. The van der Waals surface area contributed by atoms with Crippen molar-refractivity contribution in [3.05, 3.63) is 54.2 Å². The van der Waals surface area contributed by atoms with Crippen molar-refractivity contribution < 1.29 is 23.5 Å². The minimum atomic E-state index is -3.32. The molecule has 39 heavy (non-hydrogen) atoms. The lowest BCUT2D eigenvalue weighted by atomic mass is 10.0. The maximum Gasteiger partial charge on any atom is 0.335 e. The third kappa shape index (κ3) is 7.03. The number of hydrogen-bond donors (Lipinski definition) is 3. The molecule has 0 radical (unpaired) electrons. The summed E-state index contributed by atoms with van der Waals surface area (Å²) >= 11 is 1.33. The summed E-state index contributed by atoms with van der Waals surface area (Å²) in [6.45, 7) is 8.03. The van der Waals surface area contributed by atoms with E-state index < -0.39 is 13.7 Å². The van der Waals surface area contributed by atoms with E-state index in [1.165, 1.54) is 11.3 Å². The smallest absolute Gasteiger partial charge is 0.335 e. The number of aromatic nitrogens is 4. The van der Waals surface area contributed by atoms with Crippen molar-refractivity contribution in [3.63, 3.8) is 0 Å². The van der Waals surface area contributed by atoms with Gasteiger partial charge < -0.3 is 19.5 Å². The summed E-state index contributed by atoms with van der Waals surface area (Å²) in [5.41, 5.74) is 4.31. The highest BCUT2D eigenvalue weighted by Crippen LogP contribution is 2.51. The van der Waals surface area contributed by atoms with Crippen molar-refractivity contribution >= 4 is 40.3 Å². The quantitative estimate of drug-likeness (QED) is 0.191. The molecule has 4 rings (SSSR count). The van der Waals surface area contributed by atoms with Gasteiger partial charge in [-0.25, -0.2) is 19.7 Å². The number of aliphatic hydroxyl groups is 1. The van der Waals surface area contributed by atoms with E-state index in [0.29, 0.717) is 28.7 Å². The van der Waals surface area contributed by atoms with Gasteiger partial charge in [0.25, 0.3) is 0 Å². The lowest BCUT2D eigenvalue weighted by Gasteiger charge is -2.17. The van der Waals surface area contributed by atoms with Gasteiger partial charge in [0.05, 0.1) is 35.3 Å². The first kappa shape index (κ1) is 28.7. The normalized spacial score (nSPS) is 12.4. The van der Waals surface area contributed by atoms with E-state index >= 15 is 0 Å². The Balaban J connectivity index is 1.81. The predicted octanol–water partition coefficient (Wildman–Crippen LogP) is 5.78. The third-order valence-corrected chi connectivity index (χ3v) is 8.63. The first-order valence-electron chi connectivity index (χ1n) is 12.6. The molecule has 0 spiro atoms. The highest BCUT2D eigenvalue weighted by Gasteiger charge is 2.25. The van der Waals surface area contributed by atoms with Gasteiger partial charge in [-0.05, 0) is 63.1 Å². The number of carbonyl (C=O) groups excluding carboxylic acids is 1. The summed E-state index contributed by atoms with van der Waals surface area (Å²) in [5.74, 6) is 0.324. The van der Waals surface area contributed by atoms with Crippen LogP contribution in [0.15, 0.2) is 42.9 Å². The van der Waals surface area contributed by atoms with Gasteiger partial charge in [-0.3, -0.25) is 14.9 Å². The molecule has 0 aliphatic carbocycles. The van der Waals surface area contributed by atoms with E-state index in [4.69, 9.17) is 9.05 Å². The minimum absolute atomic E-state index is 0.106. The highest BCUT2D eigenvalue weighted by atomic mass is 32.1. The molecule has 1 atom stereocenters. The molecular weight excluding hydrogens is 539 g/mol. The highest BCUT2D eigenvalue weighted by molar-refractivity contribution is 7.53. The first-order chi connectivity index (χ1) is 18.7. The number of fused-ring (bicyclic) bond motifs is 1. The Kier molecular flexibility index (Phi) is 9.36. The summed E-state index contributed by atoms with van der Waals surface area (Å²) in [4.78, 5) is 29.9. The Bertz CT molecular complexity index is 1480. The number of nitrogens with one attached hydrogen (secondary N) is 2. The molecule has 3 N–H and O–H groups in total. The van der Waals surface area contributed by atoms with E-state index in [9.17, 15) is 14.5 Å². The second-order valence-electron chi connectivity index (χ2n) is 8.54. The van der Waals surface area contributed by atoms with Gasteiger partial charge >= 0.3 is 13.6 Å². The summed E-state index contributed by atoms with van der Waals surface area (Å²) < 4.78 is 24.9. The lowest BCUT2D eigenvalue weighted by Crippen LogP contribution is -2.28. The summed E-state index contributed by atoms with van der Waals surface area (Å²) in [5, 5.41) is 15.7. The number of pyridine rings is 1. The number of rotatable bonds is 11. The number of carbonyl (C=O) groups is 1. The van der Waals surface area contributed by atoms with E-state index in [2.05, 4.69) is 30.6 Å². The van der Waals surface area contributed by atoms with Crippen LogP contribution in [0, 0.1) is 0 Å². The number of thiazole rings is 1. The molecule has 206 valence electrons. The molecule has 1 aromatic carbocycles. The predicted molar refractivity (Wildman–Crippen MR) is 152 cm³/mol. The average molecular weight is 571 g/mol. The number of urea groups is 1. The maximum atomic E-state index is 13.2. The van der Waals surface area contributed by atoms with Gasteiger partial charge in [0.15, 0.2) is 11.0 Å². The van der Waals surface area contributed by atoms with E-state index in [-0.39, 0.29) is 25.4 Å². The zero-order valence-electron chi connectivity index (χ0n) is 22.2. The monoisotopic (exact) mass is 570 g/mol. The Hall–Kier alpha value is -3.28. The molecule has 13 heteroatoms. The lowest BCUT2D eigenvalue weighted by molar-refractivity contribution is 0.189. The van der Waals surface area contributed by atoms with Gasteiger partial charge in [-0.2, -0.15) is 0 Å². The van der Waals surface area contributed by atoms with Crippen LogP contribution in [0.2, 0.25) is 0 Å². The van der Waals surface area contributed by atoms with Crippen molar-refractivity contribution in [1.29, 1.82) is 0 Å². The zero-order chi connectivity index (χ0) is 28.0. The van der Waals surface area contributed by atoms with Crippen LogP contribution in [0.3, 0.4) is 0 Å². The van der Waals surface area contributed by atoms with Crippen molar-refractivity contribution in [3.8, 4) is 22.4 Å². The van der Waals surface area contributed by atoms with Crippen LogP contribution in [0.5, 0.6) is 0 Å². The number of benzene rings is 1.